The number of hydrogen-bond acceptors (Lipinski definition) is 3. The van der Waals surface area contributed by atoms with Crippen molar-refractivity contribution in [2.45, 2.75) is 38.5 Å². The summed E-state index contributed by atoms with van der Waals surface area (Å²) in [7, 11) is 0. The van der Waals surface area contributed by atoms with E-state index in [0.29, 0.717) is 11.7 Å². The number of amides is 1. The third kappa shape index (κ3) is 3.24. The molecule has 1 amide bonds. The van der Waals surface area contributed by atoms with Gasteiger partial charge in [-0.05, 0) is 30.0 Å². The summed E-state index contributed by atoms with van der Waals surface area (Å²) in [6, 6.07) is 9.95. The minimum absolute atomic E-state index is 0.0154. The number of nitrogens with zero attached hydrogens (tertiary/aromatic N) is 1. The number of aromatic nitrogens is 1. The van der Waals surface area contributed by atoms with Crippen LogP contribution in [0.15, 0.2) is 39.3 Å². The first-order chi connectivity index (χ1) is 10.3. The molecule has 0 saturated heterocycles. The maximum atomic E-state index is 12.3. The molecule has 1 heterocycles. The zero-order chi connectivity index (χ0) is 15.9. The van der Waals surface area contributed by atoms with Crippen LogP contribution in [0, 0.1) is 5.92 Å². The Bertz CT molecular complexity index is 685. The number of carbonyl (C=O) groups excluding carboxylic acids is 1. The number of halogens is 1. The van der Waals surface area contributed by atoms with Gasteiger partial charge >= 0.3 is 0 Å². The first-order valence-corrected chi connectivity index (χ1v) is 8.17. The summed E-state index contributed by atoms with van der Waals surface area (Å²) in [5, 5.41) is 6.78. The second-order valence-electron chi connectivity index (χ2n) is 6.82. The Kier molecular flexibility index (Phi) is 3.85. The molecule has 1 aromatic carbocycles. The molecule has 1 aromatic heterocycles. The first-order valence-electron chi connectivity index (χ1n) is 7.38. The summed E-state index contributed by atoms with van der Waals surface area (Å²) in [5.74, 6) is 1.61. The fourth-order valence-electron chi connectivity index (χ4n) is 2.47. The van der Waals surface area contributed by atoms with Gasteiger partial charge in [0.25, 0.3) is 0 Å². The van der Waals surface area contributed by atoms with Crippen molar-refractivity contribution in [2.24, 2.45) is 5.92 Å². The Hall–Kier alpha value is -1.62. The van der Waals surface area contributed by atoms with Crippen molar-refractivity contribution in [1.82, 2.24) is 5.16 Å². The molecular formula is C17H19BrN2O2. The summed E-state index contributed by atoms with van der Waals surface area (Å²) >= 11 is 3.42. The van der Waals surface area contributed by atoms with Gasteiger partial charge in [-0.15, -0.1) is 0 Å². The Morgan fingerprint density at radius 1 is 1.32 bits per heavy atom. The Morgan fingerprint density at radius 3 is 2.59 bits per heavy atom. The fraction of sp³-hybridized carbons (Fsp3) is 0.412. The van der Waals surface area contributed by atoms with E-state index in [9.17, 15) is 4.79 Å². The highest BCUT2D eigenvalue weighted by molar-refractivity contribution is 9.10. The Labute approximate surface area is 138 Å². The summed E-state index contributed by atoms with van der Waals surface area (Å²) in [6.45, 7) is 6.14. The first kappa shape index (κ1) is 15.3. The normalized spacial score (nSPS) is 20.7. The van der Waals surface area contributed by atoms with Gasteiger partial charge in [0.05, 0.1) is 0 Å². The van der Waals surface area contributed by atoms with Crippen molar-refractivity contribution in [3.05, 3.63) is 46.1 Å². The molecule has 116 valence electrons. The van der Waals surface area contributed by atoms with Gasteiger partial charge in [-0.3, -0.25) is 4.79 Å². The molecule has 1 saturated carbocycles. The lowest BCUT2D eigenvalue weighted by molar-refractivity contribution is -0.117. The second-order valence-corrected chi connectivity index (χ2v) is 7.73. The third-order valence-electron chi connectivity index (χ3n) is 3.93. The predicted molar refractivity (Wildman–Crippen MR) is 88.8 cm³/mol. The quantitative estimate of drug-likeness (QED) is 0.875. The zero-order valence-corrected chi connectivity index (χ0v) is 14.5. The minimum Gasteiger partial charge on any atom is -0.359 e. The minimum atomic E-state index is -0.116. The van der Waals surface area contributed by atoms with Gasteiger partial charge in [0.15, 0.2) is 5.82 Å². The van der Waals surface area contributed by atoms with E-state index in [1.807, 2.05) is 32.9 Å². The predicted octanol–water partition coefficient (Wildman–Crippen LogP) is 4.48. The van der Waals surface area contributed by atoms with Crippen LogP contribution >= 0.6 is 15.9 Å². The monoisotopic (exact) mass is 362 g/mol. The number of benzene rings is 1. The van der Waals surface area contributed by atoms with Crippen LogP contribution in [-0.4, -0.2) is 11.1 Å². The molecule has 0 radical (unpaired) electrons. The molecule has 2 unspecified atom stereocenters. The van der Waals surface area contributed by atoms with Crippen molar-refractivity contribution >= 4 is 27.7 Å². The lowest BCUT2D eigenvalue weighted by Crippen LogP contribution is -2.15. The molecular weight excluding hydrogens is 344 g/mol. The molecule has 1 aliphatic rings. The molecule has 1 N–H and O–H groups in total. The SMILES string of the molecule is CC(C)(C)c1cc(NC(=O)C2CC2c2ccc(Br)cc2)no1. The van der Waals surface area contributed by atoms with Crippen LogP contribution in [0.2, 0.25) is 0 Å². The number of nitrogens with one attached hydrogen (secondary N) is 1. The van der Waals surface area contributed by atoms with Crippen molar-refractivity contribution in [3.63, 3.8) is 0 Å². The molecule has 2 atom stereocenters. The van der Waals surface area contributed by atoms with Crippen LogP contribution in [0.3, 0.4) is 0 Å². The number of anilines is 1. The van der Waals surface area contributed by atoms with E-state index in [1.165, 1.54) is 5.56 Å². The van der Waals surface area contributed by atoms with Crippen molar-refractivity contribution in [1.29, 1.82) is 0 Å². The summed E-state index contributed by atoms with van der Waals surface area (Å²) in [5.41, 5.74) is 1.09. The molecule has 2 aromatic rings. The van der Waals surface area contributed by atoms with Gasteiger partial charge in [0.2, 0.25) is 5.91 Å². The molecule has 3 rings (SSSR count). The number of carbonyl (C=O) groups is 1. The average molecular weight is 363 g/mol. The van der Waals surface area contributed by atoms with Crippen molar-refractivity contribution in [3.8, 4) is 0 Å². The molecule has 4 nitrogen and oxygen atoms in total. The van der Waals surface area contributed by atoms with Gasteiger partial charge < -0.3 is 9.84 Å². The highest BCUT2D eigenvalue weighted by Gasteiger charge is 2.44. The van der Waals surface area contributed by atoms with Gasteiger partial charge in [-0.1, -0.05) is 54.0 Å². The molecule has 0 bridgehead atoms. The lowest BCUT2D eigenvalue weighted by atomic mass is 9.93. The van der Waals surface area contributed by atoms with E-state index in [1.54, 1.807) is 6.07 Å². The largest absolute Gasteiger partial charge is 0.359 e. The van der Waals surface area contributed by atoms with Crippen LogP contribution in [0.4, 0.5) is 5.82 Å². The third-order valence-corrected chi connectivity index (χ3v) is 4.45. The molecule has 0 spiro atoms. The van der Waals surface area contributed by atoms with E-state index < -0.39 is 0 Å². The Morgan fingerprint density at radius 2 is 2.00 bits per heavy atom. The van der Waals surface area contributed by atoms with Gasteiger partial charge in [-0.25, -0.2) is 0 Å². The Balaban J connectivity index is 1.62. The van der Waals surface area contributed by atoms with Crippen LogP contribution in [-0.2, 0) is 10.2 Å². The van der Waals surface area contributed by atoms with Crippen LogP contribution in [0.1, 0.15) is 44.4 Å². The smallest absolute Gasteiger partial charge is 0.229 e. The van der Waals surface area contributed by atoms with Gasteiger partial charge in [0.1, 0.15) is 5.76 Å². The summed E-state index contributed by atoms with van der Waals surface area (Å²) in [6.07, 6.45) is 0.886. The topological polar surface area (TPSA) is 55.1 Å². The molecule has 5 heteroatoms. The molecule has 22 heavy (non-hydrogen) atoms. The van der Waals surface area contributed by atoms with Crippen LogP contribution < -0.4 is 5.32 Å². The van der Waals surface area contributed by atoms with Crippen LogP contribution in [0.25, 0.3) is 0 Å². The van der Waals surface area contributed by atoms with E-state index in [0.717, 1.165) is 16.7 Å². The summed E-state index contributed by atoms with van der Waals surface area (Å²) in [4.78, 5) is 12.3. The fourth-order valence-corrected chi connectivity index (χ4v) is 2.73. The lowest BCUT2D eigenvalue weighted by Gasteiger charge is -2.12. The van der Waals surface area contributed by atoms with Crippen molar-refractivity contribution < 1.29 is 9.32 Å². The molecule has 1 aliphatic carbocycles. The maximum absolute atomic E-state index is 12.3. The van der Waals surface area contributed by atoms with E-state index in [-0.39, 0.29) is 17.2 Å². The van der Waals surface area contributed by atoms with E-state index >= 15 is 0 Å². The van der Waals surface area contributed by atoms with Gasteiger partial charge in [0, 0.05) is 21.9 Å². The second kappa shape index (κ2) is 5.54. The average Bonchev–Trinajstić information content (AvgIpc) is 3.10. The molecule has 0 aliphatic heterocycles. The van der Waals surface area contributed by atoms with Crippen LogP contribution in [0.5, 0.6) is 0 Å². The summed E-state index contributed by atoms with van der Waals surface area (Å²) < 4.78 is 6.34. The molecule has 1 fully saturated rings. The highest BCUT2D eigenvalue weighted by Crippen LogP contribution is 2.48. The van der Waals surface area contributed by atoms with Gasteiger partial charge in [-0.2, -0.15) is 0 Å². The van der Waals surface area contributed by atoms with Crippen molar-refractivity contribution in [2.75, 3.05) is 5.32 Å². The van der Waals surface area contributed by atoms with E-state index in [2.05, 4.69) is 38.5 Å². The standard InChI is InChI=1S/C17H19BrN2O2/c1-17(2,3)14-9-15(20-22-14)19-16(21)13-8-12(13)10-4-6-11(18)7-5-10/h4-7,9,12-13H,8H2,1-3H3,(H,19,20,21). The zero-order valence-electron chi connectivity index (χ0n) is 12.9. The number of rotatable bonds is 3. The highest BCUT2D eigenvalue weighted by atomic mass is 79.9. The van der Waals surface area contributed by atoms with E-state index in [4.69, 9.17) is 4.52 Å². The maximum Gasteiger partial charge on any atom is 0.229 e. The number of hydrogen-bond donors (Lipinski definition) is 1.